The van der Waals surface area contributed by atoms with Crippen molar-refractivity contribution in [1.82, 2.24) is 20.2 Å². The second-order valence-corrected chi connectivity index (χ2v) is 10.2. The molecule has 3 aromatic carbocycles. The molecule has 0 unspecified atom stereocenters. The maximum Gasteiger partial charge on any atom is 0.425 e. The second-order valence-electron chi connectivity index (χ2n) is 10.2. The standard InChI is InChI=1S/C34H40N6O5/c1-7-39(8-2)21-20-35-32(41)25-12-14-26(15-13-25)37-33-36-19-18-30(38-33)40(28-17-16-27(43-5)22-29(28)44-6)34(42)45-31-23(3)10-9-11-24(31)4/h9-19,22H,7-8,20-21H2,1-6H3,(H,35,41)(H,36,37,38). The fourth-order valence-electron chi connectivity index (χ4n) is 4.72. The average Bonchev–Trinajstić information content (AvgIpc) is 3.05. The van der Waals surface area contributed by atoms with Crippen molar-refractivity contribution in [3.8, 4) is 17.2 Å². The maximum atomic E-state index is 13.9. The lowest BCUT2D eigenvalue weighted by molar-refractivity contribution is 0.0949. The molecule has 0 aliphatic carbocycles. The zero-order valence-corrected chi connectivity index (χ0v) is 26.6. The van der Waals surface area contributed by atoms with Crippen LogP contribution in [0.1, 0.15) is 35.3 Å². The number of likely N-dealkylation sites (N-methyl/N-ethyl adjacent to an activating group) is 1. The number of carbonyl (C=O) groups excluding carboxylic acids is 2. The fraction of sp³-hybridized carbons (Fsp3) is 0.294. The van der Waals surface area contributed by atoms with Gasteiger partial charge in [0.05, 0.1) is 19.9 Å². The zero-order valence-electron chi connectivity index (χ0n) is 26.6. The molecule has 0 aliphatic heterocycles. The number of carbonyl (C=O) groups is 2. The first-order valence-corrected chi connectivity index (χ1v) is 14.8. The third-order valence-corrected chi connectivity index (χ3v) is 7.29. The molecule has 0 fully saturated rings. The van der Waals surface area contributed by atoms with E-state index in [1.54, 1.807) is 55.6 Å². The summed E-state index contributed by atoms with van der Waals surface area (Å²) in [6, 6.07) is 19.4. The Kier molecular flexibility index (Phi) is 11.3. The van der Waals surface area contributed by atoms with E-state index in [1.165, 1.54) is 18.2 Å². The number of aromatic nitrogens is 2. The molecule has 0 radical (unpaired) electrons. The number of aryl methyl sites for hydroxylation is 2. The molecule has 2 N–H and O–H groups in total. The Bertz CT molecular complexity index is 1590. The number of anilines is 4. The van der Waals surface area contributed by atoms with E-state index >= 15 is 0 Å². The summed E-state index contributed by atoms with van der Waals surface area (Å²) in [4.78, 5) is 39.0. The van der Waals surface area contributed by atoms with Crippen molar-refractivity contribution in [3.05, 3.63) is 89.6 Å². The molecule has 2 amide bonds. The first-order chi connectivity index (χ1) is 21.8. The predicted octanol–water partition coefficient (Wildman–Crippen LogP) is 6.26. The van der Waals surface area contributed by atoms with Crippen LogP contribution in [0.25, 0.3) is 0 Å². The first-order valence-electron chi connectivity index (χ1n) is 14.8. The van der Waals surface area contributed by atoms with Gasteiger partial charge in [0.2, 0.25) is 5.95 Å². The molecule has 45 heavy (non-hydrogen) atoms. The largest absolute Gasteiger partial charge is 0.497 e. The average molecular weight is 613 g/mol. The predicted molar refractivity (Wildman–Crippen MR) is 176 cm³/mol. The molecule has 236 valence electrons. The molecule has 0 saturated heterocycles. The Morgan fingerprint density at radius 3 is 2.24 bits per heavy atom. The summed E-state index contributed by atoms with van der Waals surface area (Å²) < 4.78 is 16.9. The van der Waals surface area contributed by atoms with Crippen molar-refractivity contribution in [3.63, 3.8) is 0 Å². The summed E-state index contributed by atoms with van der Waals surface area (Å²) in [5, 5.41) is 6.11. The lowest BCUT2D eigenvalue weighted by atomic mass is 10.1. The van der Waals surface area contributed by atoms with E-state index in [0.29, 0.717) is 40.7 Å². The molecular formula is C34H40N6O5. The number of amides is 2. The van der Waals surface area contributed by atoms with Gasteiger partial charge in [-0.1, -0.05) is 32.0 Å². The van der Waals surface area contributed by atoms with Gasteiger partial charge in [-0.25, -0.2) is 14.7 Å². The van der Waals surface area contributed by atoms with Crippen molar-refractivity contribution in [2.75, 3.05) is 50.6 Å². The van der Waals surface area contributed by atoms with Crippen LogP contribution in [0.4, 0.5) is 27.9 Å². The van der Waals surface area contributed by atoms with Crippen LogP contribution in [0, 0.1) is 13.8 Å². The highest BCUT2D eigenvalue weighted by Gasteiger charge is 2.27. The Morgan fingerprint density at radius 2 is 1.60 bits per heavy atom. The van der Waals surface area contributed by atoms with Gasteiger partial charge in [0.15, 0.2) is 0 Å². The second kappa shape index (κ2) is 15.5. The van der Waals surface area contributed by atoms with Gasteiger partial charge >= 0.3 is 6.09 Å². The molecular weight excluding hydrogens is 572 g/mol. The number of hydrogen-bond donors (Lipinski definition) is 2. The van der Waals surface area contributed by atoms with Crippen molar-refractivity contribution >= 4 is 35.1 Å². The first kappa shape index (κ1) is 32.7. The molecule has 0 atom stereocenters. The van der Waals surface area contributed by atoms with Crippen molar-refractivity contribution in [1.29, 1.82) is 0 Å². The van der Waals surface area contributed by atoms with Crippen LogP contribution >= 0.6 is 0 Å². The minimum absolute atomic E-state index is 0.140. The van der Waals surface area contributed by atoms with E-state index in [2.05, 4.69) is 39.3 Å². The molecule has 1 heterocycles. The number of para-hydroxylation sites is 1. The fourth-order valence-corrected chi connectivity index (χ4v) is 4.72. The van der Waals surface area contributed by atoms with Crippen LogP contribution in [-0.4, -0.2) is 67.3 Å². The quantitative estimate of drug-likeness (QED) is 0.180. The molecule has 0 bridgehead atoms. The normalized spacial score (nSPS) is 10.7. The smallest absolute Gasteiger partial charge is 0.425 e. The monoisotopic (exact) mass is 612 g/mol. The molecule has 11 heteroatoms. The summed E-state index contributed by atoms with van der Waals surface area (Å²) in [6.45, 7) is 11.2. The highest BCUT2D eigenvalue weighted by Crippen LogP contribution is 2.37. The maximum absolute atomic E-state index is 13.9. The Labute approximate surface area is 264 Å². The number of rotatable bonds is 13. The van der Waals surface area contributed by atoms with Crippen LogP contribution in [0.5, 0.6) is 17.2 Å². The van der Waals surface area contributed by atoms with Gasteiger partial charge in [-0.3, -0.25) is 4.79 Å². The zero-order chi connectivity index (χ0) is 32.3. The van der Waals surface area contributed by atoms with Gasteiger partial charge in [-0.05, 0) is 74.5 Å². The molecule has 4 rings (SSSR count). The Balaban J connectivity index is 1.58. The van der Waals surface area contributed by atoms with Crippen LogP contribution in [0.15, 0.2) is 72.9 Å². The molecule has 4 aromatic rings. The van der Waals surface area contributed by atoms with E-state index in [1.807, 2.05) is 32.0 Å². The molecule has 1 aromatic heterocycles. The third-order valence-electron chi connectivity index (χ3n) is 7.29. The van der Waals surface area contributed by atoms with E-state index in [0.717, 1.165) is 30.8 Å². The van der Waals surface area contributed by atoms with E-state index in [9.17, 15) is 9.59 Å². The van der Waals surface area contributed by atoms with Crippen LogP contribution < -0.4 is 29.7 Å². The lowest BCUT2D eigenvalue weighted by Crippen LogP contribution is -2.34. The summed E-state index contributed by atoms with van der Waals surface area (Å²) in [5.41, 5.74) is 3.24. The van der Waals surface area contributed by atoms with E-state index in [4.69, 9.17) is 14.2 Å². The third kappa shape index (κ3) is 8.27. The van der Waals surface area contributed by atoms with E-state index in [-0.39, 0.29) is 17.7 Å². The number of benzene rings is 3. The van der Waals surface area contributed by atoms with Crippen molar-refractivity contribution in [2.24, 2.45) is 0 Å². The number of methoxy groups -OCH3 is 2. The van der Waals surface area contributed by atoms with Crippen molar-refractivity contribution < 1.29 is 23.8 Å². The molecule has 0 saturated carbocycles. The van der Waals surface area contributed by atoms with Gasteiger partial charge in [-0.15, -0.1) is 0 Å². The SMILES string of the molecule is CCN(CC)CCNC(=O)c1ccc(Nc2nccc(N(C(=O)Oc3c(C)cccc3C)c3ccc(OC)cc3OC)n2)cc1. The van der Waals surface area contributed by atoms with Crippen LogP contribution in [0.2, 0.25) is 0 Å². The van der Waals surface area contributed by atoms with Gasteiger partial charge in [0.1, 0.15) is 23.1 Å². The molecule has 0 spiro atoms. The summed E-state index contributed by atoms with van der Waals surface area (Å²) in [7, 11) is 3.06. The number of ether oxygens (including phenoxy) is 3. The number of nitrogens with zero attached hydrogens (tertiary/aromatic N) is 4. The number of hydrogen-bond acceptors (Lipinski definition) is 9. The minimum atomic E-state index is -0.683. The van der Waals surface area contributed by atoms with Gasteiger partial charge in [-0.2, -0.15) is 4.98 Å². The summed E-state index contributed by atoms with van der Waals surface area (Å²) in [5.74, 6) is 1.75. The van der Waals surface area contributed by atoms with Gasteiger partial charge in [0.25, 0.3) is 5.91 Å². The summed E-state index contributed by atoms with van der Waals surface area (Å²) in [6.07, 6.45) is 0.856. The minimum Gasteiger partial charge on any atom is -0.497 e. The molecule has 0 aliphatic rings. The lowest BCUT2D eigenvalue weighted by Gasteiger charge is -2.24. The van der Waals surface area contributed by atoms with E-state index < -0.39 is 6.09 Å². The molecule has 11 nitrogen and oxygen atoms in total. The topological polar surface area (TPSA) is 118 Å². The highest BCUT2D eigenvalue weighted by molar-refractivity contribution is 5.98. The Hall–Kier alpha value is -5.16. The summed E-state index contributed by atoms with van der Waals surface area (Å²) >= 11 is 0. The van der Waals surface area contributed by atoms with Gasteiger partial charge < -0.3 is 29.7 Å². The Morgan fingerprint density at radius 1 is 0.889 bits per heavy atom. The van der Waals surface area contributed by atoms with Crippen LogP contribution in [0.3, 0.4) is 0 Å². The van der Waals surface area contributed by atoms with Crippen molar-refractivity contribution in [2.45, 2.75) is 27.7 Å². The number of nitrogens with one attached hydrogen (secondary N) is 2. The highest BCUT2D eigenvalue weighted by atomic mass is 16.6. The van der Waals surface area contributed by atoms with Gasteiger partial charge in [0, 0.05) is 42.7 Å². The van der Waals surface area contributed by atoms with Crippen LogP contribution in [-0.2, 0) is 0 Å².